The minimum atomic E-state index is -0.0310. The number of rotatable bonds is 4. The molecule has 3 rings (SSSR count). The Morgan fingerprint density at radius 3 is 2.60 bits per heavy atom. The van der Waals surface area contributed by atoms with Gasteiger partial charge in [-0.2, -0.15) is 0 Å². The molecular weight excluding hydrogens is 314 g/mol. The van der Waals surface area contributed by atoms with Gasteiger partial charge in [0.15, 0.2) is 0 Å². The summed E-state index contributed by atoms with van der Waals surface area (Å²) in [5.41, 5.74) is 2.77. The van der Waals surface area contributed by atoms with Crippen LogP contribution in [0.25, 0.3) is 0 Å². The van der Waals surface area contributed by atoms with Crippen LogP contribution in [0.4, 0.5) is 0 Å². The molecule has 5 nitrogen and oxygen atoms in total. The minimum Gasteiger partial charge on any atom is -0.378 e. The fraction of sp³-hybridized carbons (Fsp3) is 0.650. The summed E-state index contributed by atoms with van der Waals surface area (Å²) < 4.78 is 5.36. The van der Waals surface area contributed by atoms with E-state index < -0.39 is 0 Å². The van der Waals surface area contributed by atoms with E-state index in [2.05, 4.69) is 47.9 Å². The highest BCUT2D eigenvalue weighted by molar-refractivity contribution is 5.81. The largest absolute Gasteiger partial charge is 0.378 e. The van der Waals surface area contributed by atoms with E-state index in [0.717, 1.165) is 52.2 Å². The smallest absolute Gasteiger partial charge is 0.239 e. The number of hydrogen-bond acceptors (Lipinski definition) is 4. The summed E-state index contributed by atoms with van der Waals surface area (Å²) in [4.78, 5) is 19.6. The third-order valence-electron chi connectivity index (χ3n) is 5.51. The van der Waals surface area contributed by atoms with E-state index in [0.29, 0.717) is 13.2 Å². The summed E-state index contributed by atoms with van der Waals surface area (Å²) >= 11 is 0. The van der Waals surface area contributed by atoms with Gasteiger partial charge in [-0.3, -0.25) is 14.6 Å². The van der Waals surface area contributed by atoms with Gasteiger partial charge in [0.2, 0.25) is 5.91 Å². The van der Waals surface area contributed by atoms with Crippen LogP contribution >= 0.6 is 0 Å². The van der Waals surface area contributed by atoms with Gasteiger partial charge in [-0.15, -0.1) is 0 Å². The lowest BCUT2D eigenvalue weighted by atomic mass is 10.1. The highest BCUT2D eigenvalue weighted by Gasteiger charge is 2.28. The third-order valence-corrected chi connectivity index (χ3v) is 5.51. The standard InChI is InChI=1S/C20H31N3O2/c1-17-6-3-4-7-19(17)16-21-8-5-9-22(11-10-21)18(2)20(24)23-12-14-25-15-13-23/h3-4,6-7,18H,5,8-16H2,1-2H3. The van der Waals surface area contributed by atoms with Gasteiger partial charge in [0, 0.05) is 39.3 Å². The van der Waals surface area contributed by atoms with Gasteiger partial charge in [0.25, 0.3) is 0 Å². The van der Waals surface area contributed by atoms with Crippen molar-refractivity contribution in [2.24, 2.45) is 0 Å². The molecule has 0 radical (unpaired) electrons. The molecule has 0 aromatic heterocycles. The lowest BCUT2D eigenvalue weighted by Crippen LogP contribution is -2.51. The monoisotopic (exact) mass is 345 g/mol. The van der Waals surface area contributed by atoms with Gasteiger partial charge in [-0.05, 0) is 37.9 Å². The van der Waals surface area contributed by atoms with Crippen molar-refractivity contribution in [1.29, 1.82) is 0 Å². The van der Waals surface area contributed by atoms with Crippen molar-refractivity contribution >= 4 is 5.91 Å². The summed E-state index contributed by atoms with van der Waals surface area (Å²) in [5, 5.41) is 0. The summed E-state index contributed by atoms with van der Waals surface area (Å²) in [6, 6.07) is 8.60. The molecule has 2 saturated heterocycles. The second-order valence-electron chi connectivity index (χ2n) is 7.21. The van der Waals surface area contributed by atoms with Crippen molar-refractivity contribution in [3.63, 3.8) is 0 Å². The highest BCUT2D eigenvalue weighted by atomic mass is 16.5. The van der Waals surface area contributed by atoms with E-state index in [1.54, 1.807) is 0 Å². The second kappa shape index (κ2) is 8.79. The molecule has 25 heavy (non-hydrogen) atoms. The quantitative estimate of drug-likeness (QED) is 0.833. The number of carbonyl (C=O) groups is 1. The fourth-order valence-corrected chi connectivity index (χ4v) is 3.77. The van der Waals surface area contributed by atoms with Gasteiger partial charge in [-0.1, -0.05) is 24.3 Å². The average molecular weight is 345 g/mol. The summed E-state index contributed by atoms with van der Waals surface area (Å²) in [5.74, 6) is 0.260. The number of morpholine rings is 1. The number of ether oxygens (including phenoxy) is 1. The van der Waals surface area contributed by atoms with Crippen molar-refractivity contribution in [3.8, 4) is 0 Å². The Bertz CT molecular complexity index is 572. The van der Waals surface area contributed by atoms with Crippen LogP contribution in [0.1, 0.15) is 24.5 Å². The lowest BCUT2D eigenvalue weighted by molar-refractivity contribution is -0.140. The highest BCUT2D eigenvalue weighted by Crippen LogP contribution is 2.15. The molecule has 2 aliphatic heterocycles. The molecule has 0 N–H and O–H groups in total. The van der Waals surface area contributed by atoms with Crippen LogP contribution in [0.3, 0.4) is 0 Å². The predicted molar refractivity (Wildman–Crippen MR) is 99.5 cm³/mol. The summed E-state index contributed by atoms with van der Waals surface area (Å²) in [7, 11) is 0. The maximum Gasteiger partial charge on any atom is 0.239 e. The van der Waals surface area contributed by atoms with Crippen LogP contribution in [0, 0.1) is 6.92 Å². The molecule has 2 heterocycles. The Kier molecular flexibility index (Phi) is 6.45. The van der Waals surface area contributed by atoms with Crippen LogP contribution in [-0.2, 0) is 16.1 Å². The molecule has 2 aliphatic rings. The predicted octanol–water partition coefficient (Wildman–Crippen LogP) is 1.75. The molecule has 138 valence electrons. The van der Waals surface area contributed by atoms with E-state index in [-0.39, 0.29) is 11.9 Å². The van der Waals surface area contributed by atoms with E-state index in [1.807, 2.05) is 4.90 Å². The van der Waals surface area contributed by atoms with Crippen molar-refractivity contribution in [2.45, 2.75) is 32.9 Å². The molecule has 0 aliphatic carbocycles. The molecule has 1 amide bonds. The minimum absolute atomic E-state index is 0.0310. The van der Waals surface area contributed by atoms with Crippen LogP contribution in [-0.4, -0.2) is 79.1 Å². The molecule has 0 bridgehead atoms. The molecule has 1 unspecified atom stereocenters. The number of amides is 1. The maximum absolute atomic E-state index is 12.7. The molecular formula is C20H31N3O2. The molecule has 1 aromatic rings. The van der Waals surface area contributed by atoms with Crippen molar-refractivity contribution in [3.05, 3.63) is 35.4 Å². The summed E-state index contributed by atoms with van der Waals surface area (Å²) in [6.45, 7) is 12.1. The molecule has 0 saturated carbocycles. The van der Waals surface area contributed by atoms with Crippen molar-refractivity contribution < 1.29 is 9.53 Å². The molecule has 0 spiro atoms. The van der Waals surface area contributed by atoms with Crippen molar-refractivity contribution in [2.75, 3.05) is 52.5 Å². The first-order valence-electron chi connectivity index (χ1n) is 9.52. The Balaban J connectivity index is 1.54. The van der Waals surface area contributed by atoms with E-state index in [1.165, 1.54) is 11.1 Å². The molecule has 2 fully saturated rings. The maximum atomic E-state index is 12.7. The lowest BCUT2D eigenvalue weighted by Gasteiger charge is -2.34. The van der Waals surface area contributed by atoms with E-state index in [9.17, 15) is 4.79 Å². The topological polar surface area (TPSA) is 36.0 Å². The normalized spacial score (nSPS) is 21.8. The Morgan fingerprint density at radius 1 is 1.08 bits per heavy atom. The van der Waals surface area contributed by atoms with Crippen molar-refractivity contribution in [1.82, 2.24) is 14.7 Å². The zero-order valence-electron chi connectivity index (χ0n) is 15.6. The van der Waals surface area contributed by atoms with Crippen LogP contribution < -0.4 is 0 Å². The van der Waals surface area contributed by atoms with E-state index in [4.69, 9.17) is 4.74 Å². The molecule has 1 atom stereocenters. The number of benzene rings is 1. The van der Waals surface area contributed by atoms with Gasteiger partial charge in [0.05, 0.1) is 19.3 Å². The number of aryl methyl sites for hydroxylation is 1. The van der Waals surface area contributed by atoms with Gasteiger partial charge >= 0.3 is 0 Å². The second-order valence-corrected chi connectivity index (χ2v) is 7.21. The van der Waals surface area contributed by atoms with Gasteiger partial charge < -0.3 is 9.64 Å². The van der Waals surface area contributed by atoms with Gasteiger partial charge in [-0.25, -0.2) is 0 Å². The summed E-state index contributed by atoms with van der Waals surface area (Å²) in [6.07, 6.45) is 1.12. The molecule has 5 heteroatoms. The van der Waals surface area contributed by atoms with Crippen LogP contribution in [0.15, 0.2) is 24.3 Å². The average Bonchev–Trinajstić information content (AvgIpc) is 2.89. The zero-order chi connectivity index (χ0) is 17.6. The number of carbonyl (C=O) groups excluding carboxylic acids is 1. The number of hydrogen-bond donors (Lipinski definition) is 0. The first-order valence-corrected chi connectivity index (χ1v) is 9.52. The Morgan fingerprint density at radius 2 is 1.84 bits per heavy atom. The Labute approximate surface area is 151 Å². The Hall–Kier alpha value is -1.43. The molecule has 1 aromatic carbocycles. The van der Waals surface area contributed by atoms with Gasteiger partial charge in [0.1, 0.15) is 0 Å². The zero-order valence-corrected chi connectivity index (χ0v) is 15.6. The van der Waals surface area contributed by atoms with E-state index >= 15 is 0 Å². The third kappa shape index (κ3) is 4.81. The van der Waals surface area contributed by atoms with Crippen LogP contribution in [0.2, 0.25) is 0 Å². The first kappa shape index (κ1) is 18.4. The fourth-order valence-electron chi connectivity index (χ4n) is 3.77. The number of nitrogens with zero attached hydrogens (tertiary/aromatic N) is 3. The van der Waals surface area contributed by atoms with Crippen LogP contribution in [0.5, 0.6) is 0 Å². The SMILES string of the molecule is Cc1ccccc1CN1CCCN(C(C)C(=O)N2CCOCC2)CC1. The first-order chi connectivity index (χ1) is 12.1.